The van der Waals surface area contributed by atoms with E-state index < -0.39 is 0 Å². The molecule has 0 heterocycles. The average molecular weight is 194 g/mol. The largest absolute Gasteiger partial charge is 0.465 e. The molecule has 0 amide bonds. The minimum Gasteiger partial charge on any atom is -0.465 e. The fraction of sp³-hybridized carbons (Fsp3) is 0.917. The Balaban J connectivity index is 1.81. The molecule has 4 rings (SSSR count). The zero-order valence-electron chi connectivity index (χ0n) is 9.17. The SMILES string of the molecule is CC(=O)OC[C@]1(C)C2C[C@@H]3[C@@H](C2)C31C. The summed E-state index contributed by atoms with van der Waals surface area (Å²) in [6, 6.07) is 0. The molecule has 78 valence electrons. The van der Waals surface area contributed by atoms with Crippen molar-refractivity contribution >= 4 is 5.97 Å². The molecule has 4 aliphatic carbocycles. The molecule has 0 spiro atoms. The number of ether oxygens (including phenoxy) is 1. The summed E-state index contributed by atoms with van der Waals surface area (Å²) in [6.07, 6.45) is 2.78. The molecular weight excluding hydrogens is 176 g/mol. The molecule has 14 heavy (non-hydrogen) atoms. The van der Waals surface area contributed by atoms with Crippen molar-refractivity contribution in [3.63, 3.8) is 0 Å². The van der Waals surface area contributed by atoms with Gasteiger partial charge in [0, 0.05) is 12.3 Å². The molecule has 0 unspecified atom stereocenters. The first-order chi connectivity index (χ1) is 6.50. The minimum absolute atomic E-state index is 0.129. The lowest BCUT2D eigenvalue weighted by Crippen LogP contribution is -2.33. The fourth-order valence-electron chi connectivity index (χ4n) is 4.56. The quantitative estimate of drug-likeness (QED) is 0.630. The Morgan fingerprint density at radius 1 is 1.36 bits per heavy atom. The predicted octanol–water partition coefficient (Wildman–Crippen LogP) is 2.23. The number of hydrogen-bond donors (Lipinski definition) is 0. The zero-order valence-corrected chi connectivity index (χ0v) is 9.17. The third-order valence-electron chi connectivity index (χ3n) is 5.70. The van der Waals surface area contributed by atoms with Crippen LogP contribution in [0.4, 0.5) is 0 Å². The van der Waals surface area contributed by atoms with E-state index in [1.165, 1.54) is 19.8 Å². The predicted molar refractivity (Wildman–Crippen MR) is 52.6 cm³/mol. The van der Waals surface area contributed by atoms with Crippen molar-refractivity contribution in [2.24, 2.45) is 28.6 Å². The third-order valence-corrected chi connectivity index (χ3v) is 5.70. The fourth-order valence-corrected chi connectivity index (χ4v) is 4.56. The van der Waals surface area contributed by atoms with Gasteiger partial charge in [0.05, 0.1) is 6.61 Å². The van der Waals surface area contributed by atoms with Crippen molar-refractivity contribution in [1.29, 1.82) is 0 Å². The highest BCUT2D eigenvalue weighted by Crippen LogP contribution is 2.86. The Labute approximate surface area is 85.0 Å². The van der Waals surface area contributed by atoms with Crippen LogP contribution < -0.4 is 0 Å². The molecule has 2 nitrogen and oxygen atoms in total. The van der Waals surface area contributed by atoms with E-state index in [4.69, 9.17) is 4.74 Å². The van der Waals surface area contributed by atoms with Gasteiger partial charge in [0.2, 0.25) is 0 Å². The van der Waals surface area contributed by atoms with Gasteiger partial charge in [-0.2, -0.15) is 0 Å². The van der Waals surface area contributed by atoms with Crippen LogP contribution in [0.2, 0.25) is 0 Å². The maximum Gasteiger partial charge on any atom is 0.302 e. The van der Waals surface area contributed by atoms with Crippen LogP contribution in [0, 0.1) is 28.6 Å². The lowest BCUT2D eigenvalue weighted by Gasteiger charge is -2.33. The lowest BCUT2D eigenvalue weighted by atomic mass is 9.75. The molecule has 3 atom stereocenters. The monoisotopic (exact) mass is 194 g/mol. The van der Waals surface area contributed by atoms with Crippen LogP contribution >= 0.6 is 0 Å². The molecule has 0 aliphatic heterocycles. The maximum absolute atomic E-state index is 10.9. The highest BCUT2D eigenvalue weighted by molar-refractivity contribution is 5.66. The normalized spacial score (nSPS) is 57.5. The third kappa shape index (κ3) is 0.697. The summed E-state index contributed by atoms with van der Waals surface area (Å²) in [5, 5.41) is 0. The number of hydrogen-bond acceptors (Lipinski definition) is 2. The van der Waals surface area contributed by atoms with Gasteiger partial charge in [-0.15, -0.1) is 0 Å². The second kappa shape index (κ2) is 2.17. The number of carbonyl (C=O) groups is 1. The summed E-state index contributed by atoms with van der Waals surface area (Å²) in [5.41, 5.74) is 0.793. The summed E-state index contributed by atoms with van der Waals surface area (Å²) >= 11 is 0. The summed E-state index contributed by atoms with van der Waals surface area (Å²) in [7, 11) is 0. The van der Waals surface area contributed by atoms with Gasteiger partial charge >= 0.3 is 5.97 Å². The molecule has 4 fully saturated rings. The average Bonchev–Trinajstić information content (AvgIpc) is 2.54. The van der Waals surface area contributed by atoms with Gasteiger partial charge in [-0.3, -0.25) is 4.79 Å². The zero-order chi connectivity index (χ0) is 10.1. The molecule has 0 saturated heterocycles. The van der Waals surface area contributed by atoms with Crippen molar-refractivity contribution in [3.05, 3.63) is 0 Å². The second-order valence-electron chi connectivity index (χ2n) is 5.86. The topological polar surface area (TPSA) is 26.3 Å². The van der Waals surface area contributed by atoms with Crippen LogP contribution in [-0.4, -0.2) is 12.6 Å². The van der Waals surface area contributed by atoms with E-state index in [1.54, 1.807) is 0 Å². The molecule has 0 aromatic heterocycles. The first-order valence-electron chi connectivity index (χ1n) is 5.63. The van der Waals surface area contributed by atoms with E-state index in [9.17, 15) is 4.79 Å². The van der Waals surface area contributed by atoms with Crippen LogP contribution in [0.5, 0.6) is 0 Å². The summed E-state index contributed by atoms with van der Waals surface area (Å²) in [4.78, 5) is 10.9. The van der Waals surface area contributed by atoms with Crippen molar-refractivity contribution < 1.29 is 9.53 Å². The standard InChI is InChI=1S/C12H18O2/c1-7(13)14-6-11(2)8-4-9-10(5-8)12(9,11)3/h8-10H,4-6H2,1-3H3/t8?,9-,10-,11-,12?/m1/s1. The van der Waals surface area contributed by atoms with Gasteiger partial charge in [0.1, 0.15) is 0 Å². The lowest BCUT2D eigenvalue weighted by molar-refractivity contribution is -0.146. The van der Waals surface area contributed by atoms with E-state index in [2.05, 4.69) is 13.8 Å². The Kier molecular flexibility index (Phi) is 1.36. The number of rotatable bonds is 2. The molecule has 0 aromatic carbocycles. The van der Waals surface area contributed by atoms with Crippen LogP contribution in [0.25, 0.3) is 0 Å². The van der Waals surface area contributed by atoms with Crippen LogP contribution in [0.15, 0.2) is 0 Å². The first-order valence-corrected chi connectivity index (χ1v) is 5.63. The molecule has 0 N–H and O–H groups in total. The molecular formula is C12H18O2. The van der Waals surface area contributed by atoms with Gasteiger partial charge in [0.25, 0.3) is 0 Å². The molecule has 4 bridgehead atoms. The van der Waals surface area contributed by atoms with Crippen LogP contribution in [-0.2, 0) is 9.53 Å². The van der Waals surface area contributed by atoms with Crippen LogP contribution in [0.3, 0.4) is 0 Å². The number of esters is 1. The van der Waals surface area contributed by atoms with E-state index in [0.29, 0.717) is 12.0 Å². The maximum atomic E-state index is 10.9. The molecule has 4 aliphatic rings. The summed E-state index contributed by atoms with van der Waals surface area (Å²) in [5.74, 6) is 2.60. The minimum atomic E-state index is -0.129. The van der Waals surface area contributed by atoms with E-state index in [1.807, 2.05) is 0 Å². The summed E-state index contributed by atoms with van der Waals surface area (Å²) < 4.78 is 5.25. The second-order valence-corrected chi connectivity index (χ2v) is 5.86. The van der Waals surface area contributed by atoms with Gasteiger partial charge < -0.3 is 4.74 Å². The van der Waals surface area contributed by atoms with Crippen molar-refractivity contribution in [1.82, 2.24) is 0 Å². The first kappa shape index (κ1) is 8.75. The molecule has 4 saturated carbocycles. The van der Waals surface area contributed by atoms with Gasteiger partial charge in [-0.25, -0.2) is 0 Å². The van der Waals surface area contributed by atoms with E-state index in [0.717, 1.165) is 17.8 Å². The van der Waals surface area contributed by atoms with Gasteiger partial charge in [0.15, 0.2) is 0 Å². The smallest absolute Gasteiger partial charge is 0.302 e. The van der Waals surface area contributed by atoms with E-state index >= 15 is 0 Å². The van der Waals surface area contributed by atoms with Crippen molar-refractivity contribution in [2.45, 2.75) is 33.6 Å². The van der Waals surface area contributed by atoms with Crippen molar-refractivity contribution in [3.8, 4) is 0 Å². The van der Waals surface area contributed by atoms with Gasteiger partial charge in [-0.1, -0.05) is 13.8 Å². The Hall–Kier alpha value is -0.530. The highest BCUT2D eigenvalue weighted by atomic mass is 16.5. The summed E-state index contributed by atoms with van der Waals surface area (Å²) in [6.45, 7) is 6.89. The van der Waals surface area contributed by atoms with Gasteiger partial charge in [-0.05, 0) is 36.0 Å². The molecule has 2 heteroatoms. The van der Waals surface area contributed by atoms with E-state index in [-0.39, 0.29) is 11.4 Å². The highest BCUT2D eigenvalue weighted by Gasteiger charge is 2.81. The van der Waals surface area contributed by atoms with Crippen molar-refractivity contribution in [2.75, 3.05) is 6.61 Å². The number of carbonyl (C=O) groups excluding carboxylic acids is 1. The Morgan fingerprint density at radius 3 is 2.29 bits per heavy atom. The molecule has 0 aromatic rings. The van der Waals surface area contributed by atoms with Crippen LogP contribution in [0.1, 0.15) is 33.6 Å². The Bertz CT molecular complexity index is 297. The molecule has 0 radical (unpaired) electrons. The Morgan fingerprint density at radius 2 is 1.93 bits per heavy atom.